The molecule has 1 heterocycles. The lowest BCUT2D eigenvalue weighted by molar-refractivity contribution is -0.137. The highest BCUT2D eigenvalue weighted by Gasteiger charge is 2.34. The van der Waals surface area contributed by atoms with E-state index < -0.39 is 5.97 Å². The van der Waals surface area contributed by atoms with E-state index in [4.69, 9.17) is 5.11 Å². The van der Waals surface area contributed by atoms with Gasteiger partial charge in [-0.2, -0.15) is 0 Å². The summed E-state index contributed by atoms with van der Waals surface area (Å²) in [7, 11) is 0. The standard InChI is InChI=1S/C13H23N3O3/c1-2-16(11-3-4-11)13(19)15-9-7-14(8-10-15)6-5-12(17)18/h11H,2-10H2,1H3,(H,17,18). The smallest absolute Gasteiger partial charge is 0.320 e. The second-order valence-electron chi connectivity index (χ2n) is 5.27. The van der Waals surface area contributed by atoms with Gasteiger partial charge in [-0.05, 0) is 19.8 Å². The molecule has 1 aliphatic carbocycles. The predicted molar refractivity (Wildman–Crippen MR) is 71.1 cm³/mol. The maximum atomic E-state index is 12.3. The first kappa shape index (κ1) is 14.1. The summed E-state index contributed by atoms with van der Waals surface area (Å²) in [6.45, 7) is 6.37. The van der Waals surface area contributed by atoms with Crippen LogP contribution in [-0.2, 0) is 4.79 Å². The minimum absolute atomic E-state index is 0.155. The van der Waals surface area contributed by atoms with Crippen LogP contribution in [0.25, 0.3) is 0 Å². The van der Waals surface area contributed by atoms with Gasteiger partial charge in [0, 0.05) is 45.3 Å². The summed E-state index contributed by atoms with van der Waals surface area (Å²) in [5.41, 5.74) is 0. The number of carbonyl (C=O) groups excluding carboxylic acids is 1. The third kappa shape index (κ3) is 3.83. The van der Waals surface area contributed by atoms with Crippen molar-refractivity contribution in [1.29, 1.82) is 0 Å². The maximum absolute atomic E-state index is 12.3. The molecule has 1 saturated heterocycles. The Balaban J connectivity index is 1.75. The highest BCUT2D eigenvalue weighted by atomic mass is 16.4. The van der Waals surface area contributed by atoms with Gasteiger partial charge in [-0.25, -0.2) is 4.79 Å². The summed E-state index contributed by atoms with van der Waals surface area (Å²) < 4.78 is 0. The SMILES string of the molecule is CCN(C(=O)N1CCN(CCC(=O)O)CC1)C1CC1. The van der Waals surface area contributed by atoms with Crippen LogP contribution >= 0.6 is 0 Å². The number of hydrogen-bond acceptors (Lipinski definition) is 3. The minimum atomic E-state index is -0.760. The number of carboxylic acid groups (broad SMARTS) is 1. The quantitative estimate of drug-likeness (QED) is 0.797. The Morgan fingerprint density at radius 3 is 2.32 bits per heavy atom. The maximum Gasteiger partial charge on any atom is 0.320 e. The monoisotopic (exact) mass is 269 g/mol. The van der Waals surface area contributed by atoms with Gasteiger partial charge in [0.15, 0.2) is 0 Å². The van der Waals surface area contributed by atoms with Gasteiger partial charge in [0.1, 0.15) is 0 Å². The third-order valence-corrected chi connectivity index (χ3v) is 3.86. The van der Waals surface area contributed by atoms with E-state index in [1.54, 1.807) is 0 Å². The van der Waals surface area contributed by atoms with E-state index in [0.29, 0.717) is 25.7 Å². The molecular weight excluding hydrogens is 246 g/mol. The molecule has 0 bridgehead atoms. The number of carboxylic acids is 1. The predicted octanol–water partition coefficient (Wildman–Crippen LogP) is 0.683. The molecule has 0 aromatic rings. The van der Waals surface area contributed by atoms with E-state index >= 15 is 0 Å². The van der Waals surface area contributed by atoms with Gasteiger partial charge in [0.25, 0.3) is 0 Å². The van der Waals surface area contributed by atoms with Crippen molar-refractivity contribution in [2.45, 2.75) is 32.2 Å². The molecule has 19 heavy (non-hydrogen) atoms. The molecule has 6 nitrogen and oxygen atoms in total. The van der Waals surface area contributed by atoms with Crippen molar-refractivity contribution in [2.75, 3.05) is 39.3 Å². The Morgan fingerprint density at radius 1 is 1.21 bits per heavy atom. The Labute approximate surface area is 114 Å². The summed E-state index contributed by atoms with van der Waals surface area (Å²) in [4.78, 5) is 28.8. The molecular formula is C13H23N3O3. The van der Waals surface area contributed by atoms with Crippen molar-refractivity contribution >= 4 is 12.0 Å². The topological polar surface area (TPSA) is 64.1 Å². The lowest BCUT2D eigenvalue weighted by atomic mass is 10.3. The molecule has 0 spiro atoms. The molecule has 2 aliphatic rings. The molecule has 1 aliphatic heterocycles. The fourth-order valence-electron chi connectivity index (χ4n) is 2.53. The zero-order valence-electron chi connectivity index (χ0n) is 11.5. The van der Waals surface area contributed by atoms with Crippen LogP contribution in [0.4, 0.5) is 4.79 Å². The minimum Gasteiger partial charge on any atom is -0.481 e. The second-order valence-corrected chi connectivity index (χ2v) is 5.27. The van der Waals surface area contributed by atoms with Crippen LogP contribution in [0.3, 0.4) is 0 Å². The second kappa shape index (κ2) is 6.23. The number of carbonyl (C=O) groups is 2. The molecule has 6 heteroatoms. The molecule has 1 saturated carbocycles. The Hall–Kier alpha value is -1.30. The van der Waals surface area contributed by atoms with Crippen molar-refractivity contribution in [2.24, 2.45) is 0 Å². The molecule has 1 N–H and O–H groups in total. The first-order valence-electron chi connectivity index (χ1n) is 7.11. The van der Waals surface area contributed by atoms with E-state index in [0.717, 1.165) is 32.5 Å². The van der Waals surface area contributed by atoms with E-state index in [1.807, 2.05) is 16.7 Å². The summed E-state index contributed by atoms with van der Waals surface area (Å²) in [5, 5.41) is 8.66. The molecule has 108 valence electrons. The van der Waals surface area contributed by atoms with Crippen LogP contribution in [0.2, 0.25) is 0 Å². The average molecular weight is 269 g/mol. The Kier molecular flexibility index (Phi) is 4.63. The van der Waals surface area contributed by atoms with Crippen LogP contribution in [0.1, 0.15) is 26.2 Å². The fraction of sp³-hybridized carbons (Fsp3) is 0.846. The van der Waals surface area contributed by atoms with Crippen LogP contribution in [0.5, 0.6) is 0 Å². The lowest BCUT2D eigenvalue weighted by Gasteiger charge is -2.37. The molecule has 2 rings (SSSR count). The van der Waals surface area contributed by atoms with Crippen molar-refractivity contribution in [3.05, 3.63) is 0 Å². The lowest BCUT2D eigenvalue weighted by Crippen LogP contribution is -2.53. The van der Waals surface area contributed by atoms with Crippen molar-refractivity contribution in [3.8, 4) is 0 Å². The van der Waals surface area contributed by atoms with E-state index in [1.165, 1.54) is 0 Å². The van der Waals surface area contributed by atoms with Crippen molar-refractivity contribution < 1.29 is 14.7 Å². The Bertz CT molecular complexity index is 336. The van der Waals surface area contributed by atoms with Crippen LogP contribution < -0.4 is 0 Å². The number of piperazine rings is 1. The molecule has 0 radical (unpaired) electrons. The number of nitrogens with zero attached hydrogens (tertiary/aromatic N) is 3. The van der Waals surface area contributed by atoms with Gasteiger partial charge in [0.2, 0.25) is 0 Å². The van der Waals surface area contributed by atoms with Crippen LogP contribution in [0, 0.1) is 0 Å². The van der Waals surface area contributed by atoms with Crippen molar-refractivity contribution in [3.63, 3.8) is 0 Å². The third-order valence-electron chi connectivity index (χ3n) is 3.86. The van der Waals surface area contributed by atoms with Crippen molar-refractivity contribution in [1.82, 2.24) is 14.7 Å². The van der Waals surface area contributed by atoms with E-state index in [-0.39, 0.29) is 12.5 Å². The number of rotatable bonds is 5. The van der Waals surface area contributed by atoms with Crippen LogP contribution in [-0.4, -0.2) is 77.1 Å². The van der Waals surface area contributed by atoms with Gasteiger partial charge in [-0.15, -0.1) is 0 Å². The van der Waals surface area contributed by atoms with Gasteiger partial charge < -0.3 is 14.9 Å². The highest BCUT2D eigenvalue weighted by molar-refractivity contribution is 5.75. The normalized spacial score (nSPS) is 20.4. The van der Waals surface area contributed by atoms with Crippen LogP contribution in [0.15, 0.2) is 0 Å². The number of hydrogen-bond donors (Lipinski definition) is 1. The molecule has 0 aromatic heterocycles. The van der Waals surface area contributed by atoms with Gasteiger partial charge >= 0.3 is 12.0 Å². The molecule has 0 aromatic carbocycles. The summed E-state index contributed by atoms with van der Waals surface area (Å²) in [6.07, 6.45) is 2.45. The van der Waals surface area contributed by atoms with Gasteiger partial charge in [-0.1, -0.05) is 0 Å². The van der Waals surface area contributed by atoms with E-state index in [2.05, 4.69) is 4.90 Å². The van der Waals surface area contributed by atoms with Gasteiger partial charge in [0.05, 0.1) is 6.42 Å². The summed E-state index contributed by atoms with van der Waals surface area (Å²) in [6, 6.07) is 0.616. The highest BCUT2D eigenvalue weighted by Crippen LogP contribution is 2.27. The largest absolute Gasteiger partial charge is 0.481 e. The first-order valence-corrected chi connectivity index (χ1v) is 7.11. The fourth-order valence-corrected chi connectivity index (χ4v) is 2.53. The molecule has 2 amide bonds. The average Bonchev–Trinajstić information content (AvgIpc) is 3.22. The molecule has 2 fully saturated rings. The molecule has 0 atom stereocenters. The zero-order valence-corrected chi connectivity index (χ0v) is 11.5. The zero-order chi connectivity index (χ0) is 13.8. The Morgan fingerprint density at radius 2 is 1.84 bits per heavy atom. The van der Waals surface area contributed by atoms with Gasteiger partial charge in [-0.3, -0.25) is 9.69 Å². The number of amides is 2. The number of aliphatic carboxylic acids is 1. The van der Waals surface area contributed by atoms with E-state index in [9.17, 15) is 9.59 Å². The molecule has 0 unspecified atom stereocenters. The summed E-state index contributed by atoms with van der Waals surface area (Å²) in [5.74, 6) is -0.760. The number of urea groups is 1. The first-order chi connectivity index (χ1) is 9.11. The summed E-state index contributed by atoms with van der Waals surface area (Å²) >= 11 is 0.